The van der Waals surface area contributed by atoms with Crippen LogP contribution >= 0.6 is 0 Å². The maximum Gasteiger partial charge on any atom is 0.338 e. The molecule has 0 spiro atoms. The SMILES string of the molecule is Nc1cc(C(=O)O)c(F)cc1NC1COc2ccccc21. The zero-order valence-corrected chi connectivity index (χ0v) is 11.0. The van der Waals surface area contributed by atoms with Crippen molar-refractivity contribution >= 4 is 17.3 Å². The van der Waals surface area contributed by atoms with Crippen LogP contribution in [0.1, 0.15) is 22.0 Å². The zero-order chi connectivity index (χ0) is 15.0. The van der Waals surface area contributed by atoms with Crippen LogP contribution in [0.25, 0.3) is 0 Å². The normalized spacial score (nSPS) is 16.1. The Hall–Kier alpha value is -2.76. The summed E-state index contributed by atoms with van der Waals surface area (Å²) in [6, 6.07) is 9.59. The highest BCUT2D eigenvalue weighted by Crippen LogP contribution is 2.35. The number of hydrogen-bond donors (Lipinski definition) is 3. The summed E-state index contributed by atoms with van der Waals surface area (Å²) in [4.78, 5) is 10.9. The number of halogens is 1. The molecule has 0 radical (unpaired) electrons. The van der Waals surface area contributed by atoms with E-state index in [1.807, 2.05) is 24.3 Å². The van der Waals surface area contributed by atoms with E-state index >= 15 is 0 Å². The van der Waals surface area contributed by atoms with E-state index in [2.05, 4.69) is 5.32 Å². The van der Waals surface area contributed by atoms with Crippen molar-refractivity contribution in [1.29, 1.82) is 0 Å². The van der Waals surface area contributed by atoms with Crippen molar-refractivity contribution in [3.05, 3.63) is 53.3 Å². The first kappa shape index (κ1) is 13.2. The van der Waals surface area contributed by atoms with Crippen LogP contribution in [0.3, 0.4) is 0 Å². The number of carboxylic acids is 1. The maximum atomic E-state index is 13.7. The molecule has 1 heterocycles. The minimum Gasteiger partial charge on any atom is -0.491 e. The van der Waals surface area contributed by atoms with Crippen LogP contribution in [-0.4, -0.2) is 17.7 Å². The van der Waals surface area contributed by atoms with E-state index in [9.17, 15) is 9.18 Å². The smallest absolute Gasteiger partial charge is 0.338 e. The molecule has 1 unspecified atom stereocenters. The number of nitrogen functional groups attached to an aromatic ring is 1. The molecule has 6 heteroatoms. The monoisotopic (exact) mass is 288 g/mol. The number of benzene rings is 2. The van der Waals surface area contributed by atoms with Crippen molar-refractivity contribution in [1.82, 2.24) is 0 Å². The van der Waals surface area contributed by atoms with E-state index in [-0.39, 0.29) is 11.7 Å². The third-order valence-corrected chi connectivity index (χ3v) is 3.40. The van der Waals surface area contributed by atoms with E-state index in [1.54, 1.807) is 0 Å². The second kappa shape index (κ2) is 4.97. The van der Waals surface area contributed by atoms with Gasteiger partial charge < -0.3 is 20.9 Å². The van der Waals surface area contributed by atoms with Crippen LogP contribution < -0.4 is 15.8 Å². The molecule has 0 bridgehead atoms. The van der Waals surface area contributed by atoms with Gasteiger partial charge in [-0.2, -0.15) is 0 Å². The molecule has 0 fully saturated rings. The first-order chi connectivity index (χ1) is 10.1. The molecule has 0 aliphatic carbocycles. The Kier molecular flexibility index (Phi) is 3.13. The van der Waals surface area contributed by atoms with Crippen LogP contribution in [0.2, 0.25) is 0 Å². The lowest BCUT2D eigenvalue weighted by Gasteiger charge is -2.16. The molecular formula is C15H13FN2O3. The summed E-state index contributed by atoms with van der Waals surface area (Å²) in [5.74, 6) is -1.40. The van der Waals surface area contributed by atoms with Gasteiger partial charge in [0.1, 0.15) is 18.2 Å². The van der Waals surface area contributed by atoms with Gasteiger partial charge in [-0.1, -0.05) is 18.2 Å². The van der Waals surface area contributed by atoms with Gasteiger partial charge in [0.15, 0.2) is 0 Å². The molecule has 2 aromatic carbocycles. The average molecular weight is 288 g/mol. The number of fused-ring (bicyclic) bond motifs is 1. The van der Waals surface area contributed by atoms with E-state index in [4.69, 9.17) is 15.6 Å². The third-order valence-electron chi connectivity index (χ3n) is 3.40. The first-order valence-electron chi connectivity index (χ1n) is 6.37. The predicted molar refractivity (Wildman–Crippen MR) is 76.1 cm³/mol. The minimum atomic E-state index is -1.35. The van der Waals surface area contributed by atoms with Crippen molar-refractivity contribution in [3.63, 3.8) is 0 Å². The lowest BCUT2D eigenvalue weighted by Crippen LogP contribution is -2.14. The largest absolute Gasteiger partial charge is 0.491 e. The molecule has 0 amide bonds. The Bertz CT molecular complexity index is 718. The quantitative estimate of drug-likeness (QED) is 0.756. The fraction of sp³-hybridized carbons (Fsp3) is 0.133. The fourth-order valence-electron chi connectivity index (χ4n) is 2.35. The molecule has 0 saturated carbocycles. The molecule has 3 rings (SSSR count). The molecule has 1 aliphatic heterocycles. The van der Waals surface area contributed by atoms with Gasteiger partial charge in [-0.3, -0.25) is 0 Å². The number of aromatic carboxylic acids is 1. The molecule has 1 aliphatic rings. The van der Waals surface area contributed by atoms with Gasteiger partial charge in [-0.15, -0.1) is 0 Å². The van der Waals surface area contributed by atoms with Crippen LogP contribution in [0.5, 0.6) is 5.75 Å². The zero-order valence-electron chi connectivity index (χ0n) is 11.0. The summed E-state index contributed by atoms with van der Waals surface area (Å²) in [7, 11) is 0. The minimum absolute atomic E-state index is 0.154. The van der Waals surface area contributed by atoms with E-state index in [0.717, 1.165) is 23.4 Å². The van der Waals surface area contributed by atoms with Gasteiger partial charge in [0.25, 0.3) is 0 Å². The fourth-order valence-corrected chi connectivity index (χ4v) is 2.35. The standard InChI is InChI=1S/C15H13FN2O3/c16-10-6-12(11(17)5-9(10)15(19)20)18-13-7-21-14-4-2-1-3-8(13)14/h1-6,13,18H,7,17H2,(H,19,20). The second-order valence-corrected chi connectivity index (χ2v) is 4.77. The molecular weight excluding hydrogens is 275 g/mol. The summed E-state index contributed by atoms with van der Waals surface area (Å²) in [6.07, 6.45) is 0. The highest BCUT2D eigenvalue weighted by molar-refractivity contribution is 5.90. The Morgan fingerprint density at radius 2 is 2.14 bits per heavy atom. The highest BCUT2D eigenvalue weighted by atomic mass is 19.1. The van der Waals surface area contributed by atoms with Crippen LogP contribution in [0, 0.1) is 5.82 Å². The Morgan fingerprint density at radius 3 is 2.90 bits per heavy atom. The summed E-state index contributed by atoms with van der Waals surface area (Å²) < 4.78 is 19.3. The Labute approximate surface area is 120 Å². The molecule has 21 heavy (non-hydrogen) atoms. The number of ether oxygens (including phenoxy) is 1. The third kappa shape index (κ3) is 2.35. The highest BCUT2D eigenvalue weighted by Gasteiger charge is 2.24. The summed E-state index contributed by atoms with van der Waals surface area (Å²) >= 11 is 0. The van der Waals surface area contributed by atoms with E-state index in [0.29, 0.717) is 12.3 Å². The van der Waals surface area contributed by atoms with Gasteiger partial charge in [-0.25, -0.2) is 9.18 Å². The van der Waals surface area contributed by atoms with Crippen molar-refractivity contribution in [2.75, 3.05) is 17.7 Å². The van der Waals surface area contributed by atoms with Crippen molar-refractivity contribution in [2.24, 2.45) is 0 Å². The number of rotatable bonds is 3. The van der Waals surface area contributed by atoms with Gasteiger partial charge in [0.2, 0.25) is 0 Å². The van der Waals surface area contributed by atoms with Crippen LogP contribution in [-0.2, 0) is 0 Å². The lowest BCUT2D eigenvalue weighted by molar-refractivity contribution is 0.0692. The molecule has 0 aromatic heterocycles. The summed E-state index contributed by atoms with van der Waals surface area (Å²) in [5, 5.41) is 11.9. The average Bonchev–Trinajstić information content (AvgIpc) is 2.85. The van der Waals surface area contributed by atoms with E-state index in [1.165, 1.54) is 0 Å². The molecule has 0 saturated heterocycles. The summed E-state index contributed by atoms with van der Waals surface area (Å²) in [6.45, 7) is 0.404. The number of hydrogen-bond acceptors (Lipinski definition) is 4. The van der Waals surface area contributed by atoms with Gasteiger partial charge >= 0.3 is 5.97 Å². The van der Waals surface area contributed by atoms with Crippen LogP contribution in [0.15, 0.2) is 36.4 Å². The number of anilines is 2. The Balaban J connectivity index is 1.90. The van der Waals surface area contributed by atoms with E-state index < -0.39 is 17.3 Å². The molecule has 1 atom stereocenters. The maximum absolute atomic E-state index is 13.7. The number of nitrogens with two attached hydrogens (primary N) is 1. The van der Waals surface area contributed by atoms with Crippen molar-refractivity contribution in [2.45, 2.75) is 6.04 Å². The first-order valence-corrected chi connectivity index (χ1v) is 6.37. The number of nitrogens with one attached hydrogen (secondary N) is 1. The second-order valence-electron chi connectivity index (χ2n) is 4.77. The molecule has 108 valence electrons. The van der Waals surface area contributed by atoms with Crippen molar-refractivity contribution in [3.8, 4) is 5.75 Å². The molecule has 4 N–H and O–H groups in total. The van der Waals surface area contributed by atoms with Crippen LogP contribution in [0.4, 0.5) is 15.8 Å². The molecule has 5 nitrogen and oxygen atoms in total. The Morgan fingerprint density at radius 1 is 1.38 bits per heavy atom. The van der Waals surface area contributed by atoms with Gasteiger partial charge in [-0.05, 0) is 18.2 Å². The number of carboxylic acid groups (broad SMARTS) is 1. The predicted octanol–water partition coefficient (Wildman–Crippen LogP) is 2.65. The number of carbonyl (C=O) groups is 1. The van der Waals surface area contributed by atoms with Gasteiger partial charge in [0.05, 0.1) is 23.0 Å². The van der Waals surface area contributed by atoms with Crippen molar-refractivity contribution < 1.29 is 19.0 Å². The lowest BCUT2D eigenvalue weighted by atomic mass is 10.1. The molecule has 2 aromatic rings. The van der Waals surface area contributed by atoms with Gasteiger partial charge in [0, 0.05) is 5.56 Å². The number of para-hydroxylation sites is 1. The summed E-state index contributed by atoms with van der Waals surface area (Å²) in [5.41, 5.74) is 6.84. The topological polar surface area (TPSA) is 84.6 Å².